The Morgan fingerprint density at radius 2 is 1.86 bits per heavy atom. The summed E-state index contributed by atoms with van der Waals surface area (Å²) in [6.07, 6.45) is 0.308. The van der Waals surface area contributed by atoms with Crippen molar-refractivity contribution in [1.82, 2.24) is 10.1 Å². The number of hydrogen-bond donors (Lipinski definition) is 1. The molecule has 1 heterocycles. The number of aromatic nitrogens is 2. The monoisotopic (exact) mass is 415 g/mol. The lowest BCUT2D eigenvalue weighted by Crippen LogP contribution is -2.16. The first-order valence-electron chi connectivity index (χ1n) is 9.01. The number of methoxy groups -OCH3 is 1. The van der Waals surface area contributed by atoms with Crippen molar-refractivity contribution in [2.75, 3.05) is 18.2 Å². The number of anilines is 1. The largest absolute Gasteiger partial charge is 0.497 e. The van der Waals surface area contributed by atoms with Gasteiger partial charge in [0.25, 0.3) is 0 Å². The van der Waals surface area contributed by atoms with Crippen LogP contribution in [0.25, 0.3) is 11.4 Å². The lowest BCUT2D eigenvalue weighted by Gasteiger charge is -2.10. The molecule has 8 nitrogen and oxygen atoms in total. The van der Waals surface area contributed by atoms with Crippen molar-refractivity contribution in [3.8, 4) is 17.1 Å². The van der Waals surface area contributed by atoms with Gasteiger partial charge in [0.15, 0.2) is 9.84 Å². The van der Waals surface area contributed by atoms with Crippen molar-refractivity contribution in [2.24, 2.45) is 0 Å². The first-order valence-corrected chi connectivity index (χ1v) is 10.7. The second kappa shape index (κ2) is 8.87. The molecule has 9 heteroatoms. The van der Waals surface area contributed by atoms with Gasteiger partial charge in [0.2, 0.25) is 17.6 Å². The minimum atomic E-state index is -3.44. The molecule has 0 atom stereocenters. The van der Waals surface area contributed by atoms with Crippen molar-refractivity contribution in [2.45, 2.75) is 24.7 Å². The Balaban J connectivity index is 1.63. The number of para-hydroxylation sites is 1. The molecule has 0 aliphatic rings. The maximum absolute atomic E-state index is 12.3. The number of nitrogens with zero attached hydrogens (tertiary/aromatic N) is 2. The van der Waals surface area contributed by atoms with Gasteiger partial charge in [0, 0.05) is 18.4 Å². The quantitative estimate of drug-likeness (QED) is 0.602. The topological polar surface area (TPSA) is 111 Å². The molecule has 0 aliphatic heterocycles. The van der Waals surface area contributed by atoms with Crippen molar-refractivity contribution in [1.29, 1.82) is 0 Å². The second-order valence-electron chi connectivity index (χ2n) is 6.19. The summed E-state index contributed by atoms with van der Waals surface area (Å²) >= 11 is 0. The fraction of sp³-hybridized carbons (Fsp3) is 0.250. The molecule has 1 aromatic heterocycles. The zero-order chi connectivity index (χ0) is 20.9. The molecule has 0 spiro atoms. The standard InChI is InChI=1S/C20H21N3O5S/c1-3-29(25,26)17-7-5-4-6-16(17)21-18(24)12-13-19-22-20(23-28-19)14-8-10-15(27-2)11-9-14/h4-11H,3,12-13H2,1-2H3,(H,21,24). The summed E-state index contributed by atoms with van der Waals surface area (Å²) in [7, 11) is -1.85. The molecule has 0 fully saturated rings. The van der Waals surface area contributed by atoms with Crippen LogP contribution in [0.3, 0.4) is 0 Å². The van der Waals surface area contributed by atoms with Crippen LogP contribution < -0.4 is 10.1 Å². The number of aryl methyl sites for hydroxylation is 1. The van der Waals surface area contributed by atoms with E-state index in [0.29, 0.717) is 11.7 Å². The van der Waals surface area contributed by atoms with E-state index >= 15 is 0 Å². The summed E-state index contributed by atoms with van der Waals surface area (Å²) < 4.78 is 34.7. The molecular formula is C20H21N3O5S. The van der Waals surface area contributed by atoms with E-state index in [9.17, 15) is 13.2 Å². The number of ether oxygens (including phenoxy) is 1. The molecule has 0 saturated heterocycles. The normalized spacial score (nSPS) is 11.2. The molecule has 152 valence electrons. The first-order chi connectivity index (χ1) is 13.9. The Morgan fingerprint density at radius 1 is 1.14 bits per heavy atom. The van der Waals surface area contributed by atoms with Crippen LogP contribution in [-0.4, -0.2) is 37.3 Å². The van der Waals surface area contributed by atoms with Gasteiger partial charge in [0.1, 0.15) is 5.75 Å². The molecule has 3 aromatic rings. The second-order valence-corrected chi connectivity index (χ2v) is 8.43. The molecular weight excluding hydrogens is 394 g/mol. The minimum Gasteiger partial charge on any atom is -0.497 e. The van der Waals surface area contributed by atoms with Crippen LogP contribution in [0.1, 0.15) is 19.2 Å². The fourth-order valence-corrected chi connectivity index (χ4v) is 3.69. The minimum absolute atomic E-state index is 0.0456. The van der Waals surface area contributed by atoms with E-state index in [-0.39, 0.29) is 35.1 Å². The van der Waals surface area contributed by atoms with E-state index in [1.807, 2.05) is 12.1 Å². The number of hydrogen-bond acceptors (Lipinski definition) is 7. The van der Waals surface area contributed by atoms with Gasteiger partial charge in [-0.25, -0.2) is 8.42 Å². The van der Waals surface area contributed by atoms with Crippen LogP contribution in [0.5, 0.6) is 5.75 Å². The number of benzene rings is 2. The highest BCUT2D eigenvalue weighted by Crippen LogP contribution is 2.23. The molecule has 1 N–H and O–H groups in total. The Morgan fingerprint density at radius 3 is 2.55 bits per heavy atom. The smallest absolute Gasteiger partial charge is 0.227 e. The van der Waals surface area contributed by atoms with E-state index in [2.05, 4.69) is 15.5 Å². The number of sulfone groups is 1. The molecule has 0 unspecified atom stereocenters. The summed E-state index contributed by atoms with van der Waals surface area (Å²) in [4.78, 5) is 16.7. The number of carbonyl (C=O) groups is 1. The molecule has 0 aliphatic carbocycles. The van der Waals surface area contributed by atoms with E-state index in [1.165, 1.54) is 6.07 Å². The molecule has 2 aromatic carbocycles. The van der Waals surface area contributed by atoms with Crippen LogP contribution in [0, 0.1) is 0 Å². The molecule has 0 radical (unpaired) electrons. The maximum Gasteiger partial charge on any atom is 0.227 e. The van der Waals surface area contributed by atoms with Gasteiger partial charge in [-0.15, -0.1) is 0 Å². The summed E-state index contributed by atoms with van der Waals surface area (Å²) in [6, 6.07) is 13.5. The van der Waals surface area contributed by atoms with Crippen molar-refractivity contribution in [3.63, 3.8) is 0 Å². The number of carbonyl (C=O) groups excluding carboxylic acids is 1. The van der Waals surface area contributed by atoms with E-state index in [0.717, 1.165) is 11.3 Å². The van der Waals surface area contributed by atoms with Crippen molar-refractivity contribution in [3.05, 3.63) is 54.4 Å². The van der Waals surface area contributed by atoms with Gasteiger partial charge in [-0.05, 0) is 36.4 Å². The highest BCUT2D eigenvalue weighted by Gasteiger charge is 2.18. The van der Waals surface area contributed by atoms with Gasteiger partial charge in [-0.1, -0.05) is 24.2 Å². The van der Waals surface area contributed by atoms with Crippen LogP contribution in [0.2, 0.25) is 0 Å². The Bertz CT molecular complexity index is 1090. The third-order valence-corrected chi connectivity index (χ3v) is 6.04. The Kier molecular flexibility index (Phi) is 6.28. The predicted octanol–water partition coefficient (Wildman–Crippen LogP) is 3.11. The van der Waals surface area contributed by atoms with Gasteiger partial charge < -0.3 is 14.6 Å². The van der Waals surface area contributed by atoms with Crippen LogP contribution >= 0.6 is 0 Å². The Hall–Kier alpha value is -3.20. The van der Waals surface area contributed by atoms with Gasteiger partial charge in [0.05, 0.1) is 23.4 Å². The summed E-state index contributed by atoms with van der Waals surface area (Å²) in [5.74, 6) is 1.08. The van der Waals surface area contributed by atoms with Gasteiger partial charge >= 0.3 is 0 Å². The number of rotatable bonds is 8. The molecule has 0 saturated carbocycles. The predicted molar refractivity (Wildman–Crippen MR) is 107 cm³/mol. The molecule has 29 heavy (non-hydrogen) atoms. The van der Waals surface area contributed by atoms with Gasteiger partial charge in [-0.3, -0.25) is 4.79 Å². The number of nitrogens with one attached hydrogen (secondary N) is 1. The average molecular weight is 415 g/mol. The summed E-state index contributed by atoms with van der Waals surface area (Å²) in [6.45, 7) is 1.56. The van der Waals surface area contributed by atoms with Crippen LogP contribution in [-0.2, 0) is 21.1 Å². The SMILES string of the molecule is CCS(=O)(=O)c1ccccc1NC(=O)CCc1nc(-c2ccc(OC)cc2)no1. The lowest BCUT2D eigenvalue weighted by molar-refractivity contribution is -0.116. The first kappa shape index (κ1) is 20.5. The highest BCUT2D eigenvalue weighted by atomic mass is 32.2. The summed E-state index contributed by atoms with van der Waals surface area (Å²) in [5.41, 5.74) is 1.03. The van der Waals surface area contributed by atoms with E-state index in [4.69, 9.17) is 9.26 Å². The zero-order valence-electron chi connectivity index (χ0n) is 16.1. The third-order valence-electron chi connectivity index (χ3n) is 4.26. The molecule has 3 rings (SSSR count). The lowest BCUT2D eigenvalue weighted by atomic mass is 10.2. The van der Waals surface area contributed by atoms with Crippen molar-refractivity contribution < 1.29 is 22.5 Å². The average Bonchev–Trinajstić information content (AvgIpc) is 3.22. The third kappa shape index (κ3) is 5.00. The molecule has 1 amide bonds. The zero-order valence-corrected chi connectivity index (χ0v) is 16.9. The van der Waals surface area contributed by atoms with Crippen molar-refractivity contribution >= 4 is 21.4 Å². The van der Waals surface area contributed by atoms with E-state index < -0.39 is 9.84 Å². The summed E-state index contributed by atoms with van der Waals surface area (Å²) in [5, 5.41) is 6.57. The number of amides is 1. The van der Waals surface area contributed by atoms with Crippen LogP contribution in [0.4, 0.5) is 5.69 Å². The van der Waals surface area contributed by atoms with E-state index in [1.54, 1.807) is 44.4 Å². The Labute approximate surface area is 168 Å². The maximum atomic E-state index is 12.3. The fourth-order valence-electron chi connectivity index (χ4n) is 2.64. The van der Waals surface area contributed by atoms with Crippen LogP contribution in [0.15, 0.2) is 57.9 Å². The molecule has 0 bridgehead atoms. The highest BCUT2D eigenvalue weighted by molar-refractivity contribution is 7.91. The van der Waals surface area contributed by atoms with Gasteiger partial charge in [-0.2, -0.15) is 4.98 Å².